The fourth-order valence-corrected chi connectivity index (χ4v) is 5.27. The molecule has 0 bridgehead atoms. The van der Waals surface area contributed by atoms with Crippen LogP contribution in [0.5, 0.6) is 0 Å². The molecule has 3 heterocycles. The van der Waals surface area contributed by atoms with Crippen molar-refractivity contribution in [2.75, 3.05) is 0 Å². The van der Waals surface area contributed by atoms with Gasteiger partial charge in [0, 0.05) is 28.6 Å². The lowest BCUT2D eigenvalue weighted by atomic mass is 9.75. The van der Waals surface area contributed by atoms with Crippen LogP contribution in [0.15, 0.2) is 97.3 Å². The summed E-state index contributed by atoms with van der Waals surface area (Å²) in [6.07, 6.45) is 3.61. The molecule has 7 rings (SSSR count). The van der Waals surface area contributed by atoms with Gasteiger partial charge in [-0.15, -0.1) is 0 Å². The lowest BCUT2D eigenvalue weighted by Crippen LogP contribution is -2.41. The van der Waals surface area contributed by atoms with Gasteiger partial charge in [-0.2, -0.15) is 0 Å². The monoisotopic (exact) mass is 518 g/mol. The van der Waals surface area contributed by atoms with Crippen LogP contribution < -0.4 is 5.46 Å². The second-order valence-corrected chi connectivity index (χ2v) is 11.1. The van der Waals surface area contributed by atoms with Crippen LogP contribution >= 0.6 is 11.6 Å². The van der Waals surface area contributed by atoms with Crippen LogP contribution in [0.3, 0.4) is 0 Å². The Balaban J connectivity index is 0.000000152. The highest BCUT2D eigenvalue weighted by Crippen LogP contribution is 2.37. The number of rotatable bonds is 1. The molecule has 0 spiro atoms. The molecule has 4 nitrogen and oxygen atoms in total. The zero-order chi connectivity index (χ0) is 26.5. The Morgan fingerprint density at radius 2 is 1.03 bits per heavy atom. The first-order chi connectivity index (χ1) is 18.2. The molecule has 1 saturated heterocycles. The van der Waals surface area contributed by atoms with Crippen LogP contribution in [0.2, 0.25) is 5.02 Å². The van der Waals surface area contributed by atoms with Crippen molar-refractivity contribution in [2.24, 2.45) is 0 Å². The first-order valence-electron chi connectivity index (χ1n) is 12.8. The third-order valence-electron chi connectivity index (χ3n) is 7.74. The number of halogens is 1. The molecule has 1 aliphatic rings. The molecule has 188 valence electrons. The molecular weight excluding hydrogens is 491 g/mol. The van der Waals surface area contributed by atoms with Gasteiger partial charge in [-0.25, -0.2) is 0 Å². The van der Waals surface area contributed by atoms with E-state index < -0.39 is 0 Å². The van der Waals surface area contributed by atoms with Gasteiger partial charge >= 0.3 is 7.12 Å². The molecule has 0 unspecified atom stereocenters. The summed E-state index contributed by atoms with van der Waals surface area (Å²) in [5.74, 6) is 0. The van der Waals surface area contributed by atoms with Crippen molar-refractivity contribution in [1.29, 1.82) is 0 Å². The molecule has 1 aliphatic heterocycles. The number of pyridine rings is 2. The number of hydrogen-bond donors (Lipinski definition) is 0. The summed E-state index contributed by atoms with van der Waals surface area (Å²) in [5.41, 5.74) is 2.26. The average Bonchev–Trinajstić information content (AvgIpc) is 3.15. The standard InChI is InChI=1S/C19H20BNO2.C13H8ClN/c1-18(2)19(3,4)23-20(22-18)16-12-17-15(10-7-11-21-17)13-8-5-6-9-14(13)16;14-12-8-13-11(6-3-7-15-13)9-4-1-2-5-10(9)12/h5-12H,1-4H3;1-8H. The highest BCUT2D eigenvalue weighted by molar-refractivity contribution is 6.65. The van der Waals surface area contributed by atoms with Gasteiger partial charge in [-0.3, -0.25) is 9.97 Å². The van der Waals surface area contributed by atoms with Gasteiger partial charge in [0.2, 0.25) is 0 Å². The van der Waals surface area contributed by atoms with Crippen LogP contribution in [0.4, 0.5) is 0 Å². The molecule has 0 radical (unpaired) electrons. The number of benzene rings is 4. The first kappa shape index (κ1) is 24.8. The van der Waals surface area contributed by atoms with E-state index in [4.69, 9.17) is 20.9 Å². The maximum atomic E-state index is 6.26. The molecule has 0 atom stereocenters. The Kier molecular flexibility index (Phi) is 6.11. The highest BCUT2D eigenvalue weighted by atomic mass is 35.5. The van der Waals surface area contributed by atoms with Crippen molar-refractivity contribution in [3.05, 3.63) is 102 Å². The zero-order valence-electron chi connectivity index (χ0n) is 21.9. The van der Waals surface area contributed by atoms with Gasteiger partial charge in [-0.1, -0.05) is 72.3 Å². The van der Waals surface area contributed by atoms with Crippen LogP contribution in [0.1, 0.15) is 27.7 Å². The maximum Gasteiger partial charge on any atom is 0.495 e. The largest absolute Gasteiger partial charge is 0.495 e. The van der Waals surface area contributed by atoms with Crippen LogP contribution in [0.25, 0.3) is 43.4 Å². The quantitative estimate of drug-likeness (QED) is 0.165. The van der Waals surface area contributed by atoms with E-state index in [-0.39, 0.29) is 18.3 Å². The fraction of sp³-hybridized carbons (Fsp3) is 0.188. The van der Waals surface area contributed by atoms with Gasteiger partial charge in [0.1, 0.15) is 0 Å². The number of nitrogens with zero attached hydrogens (tertiary/aromatic N) is 2. The lowest BCUT2D eigenvalue weighted by molar-refractivity contribution is 0.00578. The molecule has 0 aliphatic carbocycles. The molecule has 2 aromatic heterocycles. The fourth-order valence-electron chi connectivity index (χ4n) is 5.00. The third kappa shape index (κ3) is 4.21. The lowest BCUT2D eigenvalue weighted by Gasteiger charge is -2.32. The smallest absolute Gasteiger partial charge is 0.399 e. The van der Waals surface area contributed by atoms with Gasteiger partial charge in [-0.05, 0) is 73.6 Å². The zero-order valence-corrected chi connectivity index (χ0v) is 22.7. The van der Waals surface area contributed by atoms with E-state index in [1.54, 1.807) is 6.20 Å². The van der Waals surface area contributed by atoms with Crippen molar-refractivity contribution in [1.82, 2.24) is 9.97 Å². The van der Waals surface area contributed by atoms with E-state index in [1.165, 1.54) is 5.39 Å². The molecule has 0 N–H and O–H groups in total. The maximum absolute atomic E-state index is 6.26. The highest BCUT2D eigenvalue weighted by Gasteiger charge is 2.52. The Hall–Kier alpha value is -3.51. The SMILES string of the molecule is CC1(C)OB(c2cc3ncccc3c3ccccc23)OC1(C)C.Clc1cc2ncccc2c2ccccc12. The molecule has 6 heteroatoms. The van der Waals surface area contributed by atoms with Gasteiger partial charge in [0.25, 0.3) is 0 Å². The van der Waals surface area contributed by atoms with E-state index in [0.717, 1.165) is 48.4 Å². The Bertz CT molecular complexity index is 1800. The van der Waals surface area contributed by atoms with E-state index >= 15 is 0 Å². The predicted molar refractivity (Wildman–Crippen MR) is 159 cm³/mol. The summed E-state index contributed by atoms with van der Waals surface area (Å²) in [6.45, 7) is 8.31. The van der Waals surface area contributed by atoms with Crippen molar-refractivity contribution in [3.8, 4) is 0 Å². The van der Waals surface area contributed by atoms with Crippen LogP contribution in [-0.4, -0.2) is 28.3 Å². The molecule has 0 amide bonds. The minimum atomic E-state index is -0.378. The molecule has 0 saturated carbocycles. The Morgan fingerprint density at radius 1 is 0.579 bits per heavy atom. The topological polar surface area (TPSA) is 44.2 Å². The van der Waals surface area contributed by atoms with Gasteiger partial charge < -0.3 is 9.31 Å². The summed E-state index contributed by atoms with van der Waals surface area (Å²) in [7, 11) is -0.378. The minimum absolute atomic E-state index is 0.349. The van der Waals surface area contributed by atoms with E-state index in [1.807, 2.05) is 42.6 Å². The summed E-state index contributed by atoms with van der Waals surface area (Å²) >= 11 is 6.20. The second kappa shape index (κ2) is 9.35. The molecule has 6 aromatic rings. The first-order valence-corrected chi connectivity index (χ1v) is 13.2. The van der Waals surface area contributed by atoms with Gasteiger partial charge in [0.05, 0.1) is 27.3 Å². The second-order valence-electron chi connectivity index (χ2n) is 10.6. The van der Waals surface area contributed by atoms with Gasteiger partial charge in [0.15, 0.2) is 0 Å². The Labute approximate surface area is 227 Å². The summed E-state index contributed by atoms with van der Waals surface area (Å²) in [4.78, 5) is 8.83. The van der Waals surface area contributed by atoms with Crippen molar-refractivity contribution in [3.63, 3.8) is 0 Å². The number of hydrogen-bond acceptors (Lipinski definition) is 4. The molecular formula is C32H28BClN2O2. The minimum Gasteiger partial charge on any atom is -0.399 e. The van der Waals surface area contributed by atoms with Crippen LogP contribution in [-0.2, 0) is 9.31 Å². The number of fused-ring (bicyclic) bond motifs is 6. The van der Waals surface area contributed by atoms with Crippen molar-refractivity contribution < 1.29 is 9.31 Å². The molecule has 4 aromatic carbocycles. The van der Waals surface area contributed by atoms with E-state index in [0.29, 0.717) is 0 Å². The molecule has 38 heavy (non-hydrogen) atoms. The average molecular weight is 519 g/mol. The summed E-state index contributed by atoms with van der Waals surface area (Å²) in [6, 6.07) is 28.6. The van der Waals surface area contributed by atoms with E-state index in [9.17, 15) is 0 Å². The summed E-state index contributed by atoms with van der Waals surface area (Å²) < 4.78 is 12.5. The van der Waals surface area contributed by atoms with E-state index in [2.05, 4.69) is 86.2 Å². The third-order valence-corrected chi connectivity index (χ3v) is 8.06. The Morgan fingerprint density at radius 3 is 1.61 bits per heavy atom. The number of aromatic nitrogens is 2. The predicted octanol–water partition coefficient (Wildman–Crippen LogP) is 7.73. The summed E-state index contributed by atoms with van der Waals surface area (Å²) in [5, 5.41) is 7.65. The molecule has 1 fully saturated rings. The van der Waals surface area contributed by atoms with Crippen molar-refractivity contribution >= 4 is 67.5 Å². The van der Waals surface area contributed by atoms with Crippen molar-refractivity contribution in [2.45, 2.75) is 38.9 Å². The normalized spacial score (nSPS) is 16.2. The van der Waals surface area contributed by atoms with Crippen LogP contribution in [0, 0.1) is 0 Å².